The Kier molecular flexibility index (Phi) is 4.71. The minimum Gasteiger partial charge on any atom is -0.470 e. The van der Waals surface area contributed by atoms with Gasteiger partial charge in [-0.15, -0.1) is 17.0 Å². The van der Waals surface area contributed by atoms with Gasteiger partial charge in [0.15, 0.2) is 0 Å². The normalized spacial score (nSPS) is 8.11. The molecule has 0 aliphatic heterocycles. The van der Waals surface area contributed by atoms with Gasteiger partial charge in [-0.2, -0.15) is 0 Å². The molecule has 9 heavy (non-hydrogen) atoms. The van der Waals surface area contributed by atoms with Gasteiger partial charge in [-0.1, -0.05) is 11.3 Å². The Bertz CT molecular complexity index is 143. The number of hydrogen-bond acceptors (Lipinski definition) is 3. The molecule has 0 radical (unpaired) electrons. The van der Waals surface area contributed by atoms with E-state index in [9.17, 15) is 0 Å². The number of aromatic nitrogens is 1. The minimum absolute atomic E-state index is 0. The summed E-state index contributed by atoms with van der Waals surface area (Å²) in [4.78, 5) is 3.90. The zero-order valence-electron chi connectivity index (χ0n) is 5.03. The Hall–Kier alpha value is -0.0900. The van der Waals surface area contributed by atoms with E-state index in [-0.39, 0.29) is 17.0 Å². The average Bonchev–Trinajstić information content (AvgIpc) is 2.19. The number of nitrogens with zero attached hydrogens (tertiary/aromatic N) is 1. The summed E-state index contributed by atoms with van der Waals surface area (Å²) in [5, 5.41) is 2.65. The first-order valence-corrected chi connectivity index (χ1v) is 3.33. The first kappa shape index (κ1) is 8.91. The van der Waals surface area contributed by atoms with Crippen molar-refractivity contribution in [2.45, 2.75) is 6.92 Å². The fraction of sp³-hybridized carbons (Fsp3) is 0.400. The van der Waals surface area contributed by atoms with E-state index in [4.69, 9.17) is 4.74 Å². The lowest BCUT2D eigenvalue weighted by molar-refractivity contribution is 0.338. The third-order valence-corrected chi connectivity index (χ3v) is 1.36. The maximum atomic E-state index is 5.05. The van der Waals surface area contributed by atoms with E-state index in [0.717, 1.165) is 5.19 Å². The molecule has 0 saturated heterocycles. The van der Waals surface area contributed by atoms with Crippen LogP contribution in [0.15, 0.2) is 11.6 Å². The monoisotopic (exact) mass is 209 g/mol. The number of halogens is 1. The van der Waals surface area contributed by atoms with Gasteiger partial charge < -0.3 is 4.74 Å². The fourth-order valence-corrected chi connectivity index (χ4v) is 0.951. The van der Waals surface area contributed by atoms with Crippen molar-refractivity contribution in [2.24, 2.45) is 0 Å². The second-order valence-electron chi connectivity index (χ2n) is 1.23. The summed E-state index contributed by atoms with van der Waals surface area (Å²) < 4.78 is 5.05. The quantitative estimate of drug-likeness (QED) is 0.745. The van der Waals surface area contributed by atoms with E-state index < -0.39 is 0 Å². The fourth-order valence-electron chi connectivity index (χ4n) is 0.405. The summed E-state index contributed by atoms with van der Waals surface area (Å²) in [6.45, 7) is 2.65. The molecule has 0 unspecified atom stereocenters. The standard InChI is InChI=1S/C5H7NOS.BrH/c1-2-7-5-6-3-4-8-5;/h3-4H,2H2,1H3;1H. The van der Waals surface area contributed by atoms with E-state index in [1.54, 1.807) is 6.20 Å². The van der Waals surface area contributed by atoms with Gasteiger partial charge in [-0.3, -0.25) is 0 Å². The average molecular weight is 210 g/mol. The van der Waals surface area contributed by atoms with Gasteiger partial charge in [-0.25, -0.2) is 4.98 Å². The second-order valence-corrected chi connectivity index (χ2v) is 2.09. The lowest BCUT2D eigenvalue weighted by atomic mass is 10.9. The van der Waals surface area contributed by atoms with E-state index in [1.165, 1.54) is 11.3 Å². The van der Waals surface area contributed by atoms with Crippen LogP contribution in [0.1, 0.15) is 6.92 Å². The Morgan fingerprint density at radius 3 is 3.00 bits per heavy atom. The van der Waals surface area contributed by atoms with Crippen molar-refractivity contribution < 1.29 is 4.74 Å². The number of hydrogen-bond donors (Lipinski definition) is 0. The summed E-state index contributed by atoms with van der Waals surface area (Å²) in [5.41, 5.74) is 0. The summed E-state index contributed by atoms with van der Waals surface area (Å²) in [6, 6.07) is 0. The van der Waals surface area contributed by atoms with Gasteiger partial charge in [-0.05, 0) is 6.92 Å². The van der Waals surface area contributed by atoms with Crippen LogP contribution in [-0.2, 0) is 0 Å². The Labute approximate surface area is 68.6 Å². The molecule has 0 fully saturated rings. The SMILES string of the molecule is Br.CCOc1nccs1. The Morgan fingerprint density at radius 2 is 2.56 bits per heavy atom. The maximum absolute atomic E-state index is 5.05. The second kappa shape index (κ2) is 4.76. The molecule has 0 aromatic carbocycles. The van der Waals surface area contributed by atoms with Crippen molar-refractivity contribution in [2.75, 3.05) is 6.61 Å². The summed E-state index contributed by atoms with van der Waals surface area (Å²) >= 11 is 1.51. The number of ether oxygens (including phenoxy) is 1. The molecule has 1 rings (SSSR count). The molecule has 0 aliphatic carbocycles. The highest BCUT2D eigenvalue weighted by Gasteiger charge is 1.88. The first-order valence-electron chi connectivity index (χ1n) is 2.45. The Balaban J connectivity index is 0.000000640. The zero-order chi connectivity index (χ0) is 5.82. The van der Waals surface area contributed by atoms with Crippen molar-refractivity contribution in [3.8, 4) is 5.19 Å². The lowest BCUT2D eigenvalue weighted by Crippen LogP contribution is -1.88. The van der Waals surface area contributed by atoms with Crippen LogP contribution in [0.2, 0.25) is 0 Å². The Morgan fingerprint density at radius 1 is 1.78 bits per heavy atom. The predicted octanol–water partition coefficient (Wildman–Crippen LogP) is 2.12. The largest absolute Gasteiger partial charge is 0.470 e. The highest BCUT2D eigenvalue weighted by atomic mass is 79.9. The van der Waals surface area contributed by atoms with Crippen molar-refractivity contribution in [1.82, 2.24) is 4.98 Å². The molecule has 0 atom stereocenters. The molecule has 52 valence electrons. The molecule has 1 heterocycles. The van der Waals surface area contributed by atoms with Gasteiger partial charge >= 0.3 is 0 Å². The molecule has 4 heteroatoms. The smallest absolute Gasteiger partial charge is 0.273 e. The summed E-state index contributed by atoms with van der Waals surface area (Å²) in [7, 11) is 0. The van der Waals surface area contributed by atoms with Gasteiger partial charge in [0.2, 0.25) is 0 Å². The molecule has 0 amide bonds. The van der Waals surface area contributed by atoms with Crippen molar-refractivity contribution in [3.05, 3.63) is 11.6 Å². The zero-order valence-corrected chi connectivity index (χ0v) is 7.56. The van der Waals surface area contributed by atoms with Crippen LogP contribution in [0.25, 0.3) is 0 Å². The molecular weight excluding hydrogens is 202 g/mol. The van der Waals surface area contributed by atoms with Crippen LogP contribution in [-0.4, -0.2) is 11.6 Å². The summed E-state index contributed by atoms with van der Waals surface area (Å²) in [5.74, 6) is 0. The lowest BCUT2D eigenvalue weighted by Gasteiger charge is -1.91. The number of rotatable bonds is 2. The highest BCUT2D eigenvalue weighted by Crippen LogP contribution is 2.12. The van der Waals surface area contributed by atoms with Gasteiger partial charge in [0, 0.05) is 11.6 Å². The van der Waals surface area contributed by atoms with Gasteiger partial charge in [0.1, 0.15) is 0 Å². The molecule has 0 N–H and O–H groups in total. The minimum atomic E-state index is 0. The van der Waals surface area contributed by atoms with Crippen molar-refractivity contribution in [1.29, 1.82) is 0 Å². The highest BCUT2D eigenvalue weighted by molar-refractivity contribution is 8.93. The van der Waals surface area contributed by atoms with Crippen LogP contribution >= 0.6 is 28.3 Å². The summed E-state index contributed by atoms with van der Waals surface area (Å²) in [6.07, 6.45) is 1.73. The van der Waals surface area contributed by atoms with Crippen molar-refractivity contribution >= 4 is 28.3 Å². The van der Waals surface area contributed by atoms with Gasteiger partial charge in [0.25, 0.3) is 5.19 Å². The van der Waals surface area contributed by atoms with Crippen molar-refractivity contribution in [3.63, 3.8) is 0 Å². The molecule has 1 aromatic heterocycles. The van der Waals surface area contributed by atoms with E-state index in [1.807, 2.05) is 12.3 Å². The third-order valence-electron chi connectivity index (χ3n) is 0.677. The molecule has 0 spiro atoms. The van der Waals surface area contributed by atoms with Crippen LogP contribution in [0.5, 0.6) is 5.19 Å². The topological polar surface area (TPSA) is 22.1 Å². The van der Waals surface area contributed by atoms with Crippen LogP contribution in [0.4, 0.5) is 0 Å². The van der Waals surface area contributed by atoms with Gasteiger partial charge in [0.05, 0.1) is 6.61 Å². The third kappa shape index (κ3) is 2.81. The molecule has 0 saturated carbocycles. The van der Waals surface area contributed by atoms with E-state index in [2.05, 4.69) is 4.98 Å². The van der Waals surface area contributed by atoms with Crippen LogP contribution < -0.4 is 4.74 Å². The molecule has 2 nitrogen and oxygen atoms in total. The molecule has 0 aliphatic rings. The van der Waals surface area contributed by atoms with E-state index >= 15 is 0 Å². The first-order chi connectivity index (χ1) is 3.93. The van der Waals surface area contributed by atoms with Crippen LogP contribution in [0.3, 0.4) is 0 Å². The van der Waals surface area contributed by atoms with Crippen LogP contribution in [0, 0.1) is 0 Å². The number of thiazole rings is 1. The molecular formula is C5H8BrNOS. The molecule has 1 aromatic rings. The predicted molar refractivity (Wildman–Crippen MR) is 43.6 cm³/mol. The van der Waals surface area contributed by atoms with E-state index in [0.29, 0.717) is 6.61 Å². The molecule has 0 bridgehead atoms. The maximum Gasteiger partial charge on any atom is 0.273 e.